The molecule has 0 radical (unpaired) electrons. The lowest BCUT2D eigenvalue weighted by molar-refractivity contribution is 0.653. The molecule has 5 heteroatoms. The minimum Gasteiger partial charge on any atom is -0.364 e. The summed E-state index contributed by atoms with van der Waals surface area (Å²) in [5.74, 6) is 0.911. The van der Waals surface area contributed by atoms with Crippen LogP contribution in [0, 0.1) is 13.8 Å². The van der Waals surface area contributed by atoms with E-state index in [1.165, 1.54) is 5.56 Å². The van der Waals surface area contributed by atoms with Gasteiger partial charge in [-0.2, -0.15) is 10.2 Å². The number of aromatic nitrogens is 4. The molecular formula is C12H19N5. The van der Waals surface area contributed by atoms with E-state index in [2.05, 4.69) is 28.6 Å². The van der Waals surface area contributed by atoms with Crippen molar-refractivity contribution in [1.29, 1.82) is 0 Å². The lowest BCUT2D eigenvalue weighted by Gasteiger charge is -2.00. The maximum atomic E-state index is 4.42. The predicted octanol–water partition coefficient (Wildman–Crippen LogP) is 1.87. The van der Waals surface area contributed by atoms with Gasteiger partial charge in [-0.1, -0.05) is 0 Å². The summed E-state index contributed by atoms with van der Waals surface area (Å²) in [7, 11) is 1.95. The molecule has 1 N–H and O–H groups in total. The van der Waals surface area contributed by atoms with Crippen molar-refractivity contribution in [1.82, 2.24) is 19.6 Å². The molecule has 2 rings (SSSR count). The molecule has 0 bridgehead atoms. The van der Waals surface area contributed by atoms with Gasteiger partial charge < -0.3 is 5.32 Å². The molecule has 0 amide bonds. The molecule has 0 fully saturated rings. The summed E-state index contributed by atoms with van der Waals surface area (Å²) in [6.07, 6.45) is 2.08. The zero-order chi connectivity index (χ0) is 12.4. The maximum Gasteiger partial charge on any atom is 0.148 e. The fourth-order valence-electron chi connectivity index (χ4n) is 1.73. The van der Waals surface area contributed by atoms with Crippen LogP contribution in [0.5, 0.6) is 0 Å². The topological polar surface area (TPSA) is 47.7 Å². The summed E-state index contributed by atoms with van der Waals surface area (Å²) in [4.78, 5) is 0. The average Bonchev–Trinajstić information content (AvgIpc) is 2.80. The lowest BCUT2D eigenvalue weighted by Crippen LogP contribution is -2.01. The van der Waals surface area contributed by atoms with Crippen LogP contribution in [0.15, 0.2) is 12.3 Å². The summed E-state index contributed by atoms with van der Waals surface area (Å²) >= 11 is 0. The summed E-state index contributed by atoms with van der Waals surface area (Å²) < 4.78 is 3.82. The predicted molar refractivity (Wildman–Crippen MR) is 67.9 cm³/mol. The van der Waals surface area contributed by atoms with E-state index >= 15 is 0 Å². The molecule has 0 saturated heterocycles. The molecule has 0 spiro atoms. The molecule has 0 saturated carbocycles. The second-order valence-corrected chi connectivity index (χ2v) is 4.24. The molecule has 2 aromatic rings. The van der Waals surface area contributed by atoms with Gasteiger partial charge in [0.25, 0.3) is 0 Å². The quantitative estimate of drug-likeness (QED) is 0.877. The highest BCUT2D eigenvalue weighted by Crippen LogP contribution is 2.11. The Morgan fingerprint density at radius 1 is 1.29 bits per heavy atom. The summed E-state index contributed by atoms with van der Waals surface area (Å²) in [6.45, 7) is 7.84. The van der Waals surface area contributed by atoms with Crippen LogP contribution < -0.4 is 5.32 Å². The Labute approximate surface area is 101 Å². The Balaban J connectivity index is 2.04. The molecular weight excluding hydrogens is 214 g/mol. The maximum absolute atomic E-state index is 4.42. The van der Waals surface area contributed by atoms with Crippen molar-refractivity contribution in [3.8, 4) is 0 Å². The van der Waals surface area contributed by atoms with Gasteiger partial charge in [0.05, 0.1) is 5.69 Å². The van der Waals surface area contributed by atoms with E-state index in [9.17, 15) is 0 Å². The van der Waals surface area contributed by atoms with Gasteiger partial charge in [0.1, 0.15) is 5.82 Å². The standard InChI is InChI=1S/C12H19N5/c1-5-17-8-11(10(3)14-17)7-13-12-6-9(2)16(4)15-12/h6,8H,5,7H2,1-4H3,(H,13,15). The minimum atomic E-state index is 0.766. The molecule has 0 aliphatic heterocycles. The van der Waals surface area contributed by atoms with Crippen molar-refractivity contribution in [3.63, 3.8) is 0 Å². The van der Waals surface area contributed by atoms with Crippen LogP contribution in [0.3, 0.4) is 0 Å². The van der Waals surface area contributed by atoms with E-state index in [1.54, 1.807) is 0 Å². The Bertz CT molecular complexity index is 489. The fraction of sp³-hybridized carbons (Fsp3) is 0.500. The van der Waals surface area contributed by atoms with Crippen LogP contribution in [-0.2, 0) is 20.1 Å². The number of nitrogens with one attached hydrogen (secondary N) is 1. The van der Waals surface area contributed by atoms with Crippen LogP contribution in [0.25, 0.3) is 0 Å². The molecule has 2 heterocycles. The summed E-state index contributed by atoms with van der Waals surface area (Å²) in [6, 6.07) is 2.04. The number of aryl methyl sites for hydroxylation is 4. The highest BCUT2D eigenvalue weighted by Gasteiger charge is 2.05. The van der Waals surface area contributed by atoms with Crippen LogP contribution in [-0.4, -0.2) is 19.6 Å². The number of nitrogens with zero attached hydrogens (tertiary/aromatic N) is 4. The third-order valence-corrected chi connectivity index (χ3v) is 2.95. The van der Waals surface area contributed by atoms with Crippen LogP contribution >= 0.6 is 0 Å². The molecule has 0 aromatic carbocycles. The Hall–Kier alpha value is -1.78. The van der Waals surface area contributed by atoms with Gasteiger partial charge in [0.2, 0.25) is 0 Å². The molecule has 5 nitrogen and oxygen atoms in total. The van der Waals surface area contributed by atoms with E-state index in [0.29, 0.717) is 0 Å². The van der Waals surface area contributed by atoms with E-state index in [4.69, 9.17) is 0 Å². The summed E-state index contributed by atoms with van der Waals surface area (Å²) in [5, 5.41) is 12.1. The first-order valence-electron chi connectivity index (χ1n) is 5.87. The zero-order valence-corrected chi connectivity index (χ0v) is 10.9. The lowest BCUT2D eigenvalue weighted by atomic mass is 10.2. The van der Waals surface area contributed by atoms with Gasteiger partial charge in [0.15, 0.2) is 0 Å². The van der Waals surface area contributed by atoms with E-state index in [1.807, 2.05) is 36.3 Å². The zero-order valence-electron chi connectivity index (χ0n) is 10.9. The Kier molecular flexibility index (Phi) is 3.17. The first-order valence-corrected chi connectivity index (χ1v) is 5.87. The van der Waals surface area contributed by atoms with Crippen molar-refractivity contribution in [2.75, 3.05) is 5.32 Å². The first-order chi connectivity index (χ1) is 8.10. The number of anilines is 1. The van der Waals surface area contributed by atoms with E-state index < -0.39 is 0 Å². The average molecular weight is 233 g/mol. The molecule has 2 aromatic heterocycles. The van der Waals surface area contributed by atoms with E-state index in [-0.39, 0.29) is 0 Å². The fourth-order valence-corrected chi connectivity index (χ4v) is 1.73. The molecule has 0 aliphatic rings. The number of hydrogen-bond donors (Lipinski definition) is 1. The highest BCUT2D eigenvalue weighted by atomic mass is 15.3. The van der Waals surface area contributed by atoms with Crippen molar-refractivity contribution >= 4 is 5.82 Å². The number of hydrogen-bond acceptors (Lipinski definition) is 3. The SMILES string of the molecule is CCn1cc(CNc2cc(C)n(C)n2)c(C)n1. The van der Waals surface area contributed by atoms with Crippen LogP contribution in [0.4, 0.5) is 5.82 Å². The monoisotopic (exact) mass is 233 g/mol. The van der Waals surface area contributed by atoms with Crippen molar-refractivity contribution in [2.24, 2.45) is 7.05 Å². The Morgan fingerprint density at radius 3 is 2.59 bits per heavy atom. The van der Waals surface area contributed by atoms with Gasteiger partial charge in [-0.25, -0.2) is 0 Å². The van der Waals surface area contributed by atoms with Crippen molar-refractivity contribution < 1.29 is 0 Å². The second kappa shape index (κ2) is 4.61. The van der Waals surface area contributed by atoms with Gasteiger partial charge in [0, 0.05) is 43.7 Å². The minimum absolute atomic E-state index is 0.766. The first kappa shape index (κ1) is 11.7. The van der Waals surface area contributed by atoms with Crippen LogP contribution in [0.2, 0.25) is 0 Å². The van der Waals surface area contributed by atoms with Gasteiger partial charge in [-0.15, -0.1) is 0 Å². The third kappa shape index (κ3) is 2.49. The molecule has 0 aliphatic carbocycles. The largest absolute Gasteiger partial charge is 0.364 e. The second-order valence-electron chi connectivity index (χ2n) is 4.24. The number of rotatable bonds is 4. The molecule has 92 valence electrons. The van der Waals surface area contributed by atoms with Gasteiger partial charge >= 0.3 is 0 Å². The smallest absolute Gasteiger partial charge is 0.148 e. The van der Waals surface area contributed by atoms with Crippen molar-refractivity contribution in [2.45, 2.75) is 33.9 Å². The Morgan fingerprint density at radius 2 is 2.06 bits per heavy atom. The molecule has 17 heavy (non-hydrogen) atoms. The normalized spacial score (nSPS) is 10.8. The van der Waals surface area contributed by atoms with E-state index in [0.717, 1.165) is 30.3 Å². The third-order valence-electron chi connectivity index (χ3n) is 2.95. The van der Waals surface area contributed by atoms with Gasteiger partial charge in [-0.05, 0) is 20.8 Å². The van der Waals surface area contributed by atoms with Crippen molar-refractivity contribution in [3.05, 3.63) is 29.2 Å². The molecule has 0 unspecified atom stereocenters. The highest BCUT2D eigenvalue weighted by molar-refractivity contribution is 5.36. The molecule has 0 atom stereocenters. The van der Waals surface area contributed by atoms with Crippen LogP contribution in [0.1, 0.15) is 23.9 Å². The van der Waals surface area contributed by atoms with Gasteiger partial charge in [-0.3, -0.25) is 9.36 Å². The summed E-state index contributed by atoms with van der Waals surface area (Å²) in [5.41, 5.74) is 3.44.